The summed E-state index contributed by atoms with van der Waals surface area (Å²) in [7, 11) is 3.44. The van der Waals surface area contributed by atoms with E-state index in [9.17, 15) is 9.59 Å². The molecule has 1 fully saturated rings. The Morgan fingerprint density at radius 3 is 2.33 bits per heavy atom. The van der Waals surface area contributed by atoms with Crippen LogP contribution in [0.1, 0.15) is 39.2 Å². The van der Waals surface area contributed by atoms with E-state index in [1.807, 2.05) is 26.8 Å². The van der Waals surface area contributed by atoms with Crippen LogP contribution in [0.5, 0.6) is 0 Å². The summed E-state index contributed by atoms with van der Waals surface area (Å²) in [5.74, 6) is 0.510. The highest BCUT2D eigenvalue weighted by atomic mass is 127. The maximum Gasteiger partial charge on any atom is 0.243 e. The minimum absolute atomic E-state index is 0. The van der Waals surface area contributed by atoms with Crippen LogP contribution in [0.2, 0.25) is 0 Å². The number of piperidine rings is 1. The van der Waals surface area contributed by atoms with E-state index in [4.69, 9.17) is 0 Å². The Kier molecular flexibility index (Phi) is 12.7. The highest BCUT2D eigenvalue weighted by Crippen LogP contribution is 2.15. The lowest BCUT2D eigenvalue weighted by molar-refractivity contribution is -0.129. The van der Waals surface area contributed by atoms with Crippen molar-refractivity contribution < 1.29 is 9.59 Å². The third-order valence-electron chi connectivity index (χ3n) is 5.70. The molecule has 0 atom stereocenters. The van der Waals surface area contributed by atoms with Gasteiger partial charge < -0.3 is 20.9 Å². The molecule has 1 aromatic rings. The third kappa shape index (κ3) is 10.3. The molecule has 0 radical (unpaired) electrons. The second-order valence-electron chi connectivity index (χ2n) is 9.23. The van der Waals surface area contributed by atoms with Crippen molar-refractivity contribution in [2.45, 2.75) is 46.2 Å². The predicted molar refractivity (Wildman–Crippen MR) is 145 cm³/mol. The maximum atomic E-state index is 12.3. The number of likely N-dealkylation sites (tertiary alicyclic amines) is 1. The summed E-state index contributed by atoms with van der Waals surface area (Å²) < 4.78 is 0. The Hall–Kier alpha value is -1.88. The summed E-state index contributed by atoms with van der Waals surface area (Å²) in [5, 5.41) is 9.65. The number of carbonyl (C=O) groups excluding carboxylic acids is 2. The van der Waals surface area contributed by atoms with E-state index in [1.54, 1.807) is 14.1 Å². The monoisotopic (exact) mass is 572 g/mol. The standard InChI is InChI=1S/C24H40N6O2.HI/c1-6-25-22(32)24(2,3)18-27-23(26-16-21(31)29(4)5)28-20-12-14-30(15-13-20)17-19-10-8-7-9-11-19;/h7-11,20H,6,12-18H2,1-5H3,(H,25,32)(H2,26,27,28);1H. The lowest BCUT2D eigenvalue weighted by atomic mass is 9.92. The van der Waals surface area contributed by atoms with E-state index in [1.165, 1.54) is 10.5 Å². The number of carbonyl (C=O) groups is 2. The highest BCUT2D eigenvalue weighted by Gasteiger charge is 2.28. The van der Waals surface area contributed by atoms with Crippen molar-refractivity contribution in [3.8, 4) is 0 Å². The first kappa shape index (κ1) is 29.2. The topological polar surface area (TPSA) is 89.1 Å². The van der Waals surface area contributed by atoms with Gasteiger partial charge >= 0.3 is 0 Å². The molecule has 1 aliphatic rings. The summed E-state index contributed by atoms with van der Waals surface area (Å²) >= 11 is 0. The summed E-state index contributed by atoms with van der Waals surface area (Å²) in [6.45, 7) is 9.76. The van der Waals surface area contributed by atoms with E-state index in [0.29, 0.717) is 19.0 Å². The molecule has 2 amide bonds. The zero-order valence-corrected chi connectivity index (χ0v) is 23.0. The van der Waals surface area contributed by atoms with E-state index in [2.05, 4.69) is 50.1 Å². The normalized spacial score (nSPS) is 15.4. The van der Waals surface area contributed by atoms with Gasteiger partial charge in [-0.2, -0.15) is 0 Å². The van der Waals surface area contributed by atoms with Crippen LogP contribution in [-0.4, -0.2) is 80.4 Å². The van der Waals surface area contributed by atoms with Gasteiger partial charge in [0.1, 0.15) is 6.54 Å². The smallest absolute Gasteiger partial charge is 0.243 e. The van der Waals surface area contributed by atoms with Crippen LogP contribution in [0, 0.1) is 5.41 Å². The number of guanidine groups is 1. The number of hydrogen-bond donors (Lipinski definition) is 3. The molecule has 2 rings (SSSR count). The molecule has 0 aliphatic carbocycles. The summed E-state index contributed by atoms with van der Waals surface area (Å²) in [6, 6.07) is 10.8. The lowest BCUT2D eigenvalue weighted by Gasteiger charge is -2.33. The molecule has 0 aromatic heterocycles. The van der Waals surface area contributed by atoms with Gasteiger partial charge in [-0.15, -0.1) is 24.0 Å². The van der Waals surface area contributed by atoms with E-state index < -0.39 is 5.41 Å². The number of amides is 2. The maximum absolute atomic E-state index is 12.3. The van der Waals surface area contributed by atoms with E-state index in [0.717, 1.165) is 32.5 Å². The molecule has 0 unspecified atom stereocenters. The van der Waals surface area contributed by atoms with Gasteiger partial charge in [0.15, 0.2) is 5.96 Å². The summed E-state index contributed by atoms with van der Waals surface area (Å²) in [6.07, 6.45) is 1.99. The van der Waals surface area contributed by atoms with Crippen LogP contribution >= 0.6 is 24.0 Å². The SMILES string of the molecule is CCNC(=O)C(C)(C)CNC(=NCC(=O)N(C)C)NC1CCN(Cc2ccccc2)CC1.I. The van der Waals surface area contributed by atoms with Crippen molar-refractivity contribution in [2.75, 3.05) is 46.8 Å². The number of halogens is 1. The molecule has 1 heterocycles. The largest absolute Gasteiger partial charge is 0.356 e. The lowest BCUT2D eigenvalue weighted by Crippen LogP contribution is -2.52. The first-order chi connectivity index (χ1) is 15.2. The van der Waals surface area contributed by atoms with Crippen molar-refractivity contribution in [3.63, 3.8) is 0 Å². The van der Waals surface area contributed by atoms with Crippen molar-refractivity contribution in [1.82, 2.24) is 25.8 Å². The van der Waals surface area contributed by atoms with Crippen molar-refractivity contribution in [3.05, 3.63) is 35.9 Å². The average Bonchev–Trinajstić information content (AvgIpc) is 2.77. The van der Waals surface area contributed by atoms with Gasteiger partial charge in [0, 0.05) is 52.9 Å². The fraction of sp³-hybridized carbons (Fsp3) is 0.625. The minimum Gasteiger partial charge on any atom is -0.356 e. The number of nitrogens with one attached hydrogen (secondary N) is 3. The third-order valence-corrected chi connectivity index (χ3v) is 5.70. The molecule has 3 N–H and O–H groups in total. The molecule has 1 saturated heterocycles. The molecule has 186 valence electrons. The molecule has 1 aliphatic heterocycles. The fourth-order valence-electron chi connectivity index (χ4n) is 3.50. The summed E-state index contributed by atoms with van der Waals surface area (Å²) in [5.41, 5.74) is 0.737. The Morgan fingerprint density at radius 1 is 1.12 bits per heavy atom. The zero-order chi connectivity index (χ0) is 23.6. The van der Waals surface area contributed by atoms with Crippen LogP contribution in [-0.2, 0) is 16.1 Å². The van der Waals surface area contributed by atoms with Crippen LogP contribution in [0.4, 0.5) is 0 Å². The van der Waals surface area contributed by atoms with Crippen LogP contribution in [0.15, 0.2) is 35.3 Å². The van der Waals surface area contributed by atoms with Gasteiger partial charge in [-0.25, -0.2) is 4.99 Å². The number of likely N-dealkylation sites (N-methyl/N-ethyl adjacent to an activating group) is 1. The Morgan fingerprint density at radius 2 is 1.76 bits per heavy atom. The number of aliphatic imine (C=N–C) groups is 1. The zero-order valence-electron chi connectivity index (χ0n) is 20.7. The van der Waals surface area contributed by atoms with Crippen LogP contribution in [0.25, 0.3) is 0 Å². The molecule has 9 heteroatoms. The predicted octanol–water partition coefficient (Wildman–Crippen LogP) is 2.05. The van der Waals surface area contributed by atoms with Gasteiger partial charge in [0.25, 0.3) is 0 Å². The van der Waals surface area contributed by atoms with Gasteiger partial charge in [-0.1, -0.05) is 30.3 Å². The Bertz CT molecular complexity index is 761. The van der Waals surface area contributed by atoms with Gasteiger partial charge in [0.05, 0.1) is 5.41 Å². The van der Waals surface area contributed by atoms with Gasteiger partial charge in [-0.3, -0.25) is 14.5 Å². The van der Waals surface area contributed by atoms with Crippen molar-refractivity contribution >= 4 is 41.8 Å². The van der Waals surface area contributed by atoms with E-state index >= 15 is 0 Å². The van der Waals surface area contributed by atoms with Crippen LogP contribution in [0.3, 0.4) is 0 Å². The molecule has 0 spiro atoms. The van der Waals surface area contributed by atoms with Crippen LogP contribution < -0.4 is 16.0 Å². The number of nitrogens with zero attached hydrogens (tertiary/aromatic N) is 3. The molecule has 0 saturated carbocycles. The van der Waals surface area contributed by atoms with Crippen molar-refractivity contribution in [2.24, 2.45) is 10.4 Å². The average molecular weight is 573 g/mol. The second kappa shape index (κ2) is 14.4. The molecule has 1 aromatic carbocycles. The fourth-order valence-corrected chi connectivity index (χ4v) is 3.50. The number of benzene rings is 1. The molecule has 33 heavy (non-hydrogen) atoms. The first-order valence-corrected chi connectivity index (χ1v) is 11.5. The molecular formula is C24H41IN6O2. The summed E-state index contributed by atoms with van der Waals surface area (Å²) in [4.78, 5) is 32.9. The van der Waals surface area contributed by atoms with Crippen molar-refractivity contribution in [1.29, 1.82) is 0 Å². The first-order valence-electron chi connectivity index (χ1n) is 11.5. The van der Waals surface area contributed by atoms with Gasteiger partial charge in [0.2, 0.25) is 11.8 Å². The Balaban J connectivity index is 0.00000544. The quantitative estimate of drug-likeness (QED) is 0.240. The second-order valence-corrected chi connectivity index (χ2v) is 9.23. The Labute approximate surface area is 216 Å². The minimum atomic E-state index is -0.594. The van der Waals surface area contributed by atoms with Gasteiger partial charge in [-0.05, 0) is 39.2 Å². The highest BCUT2D eigenvalue weighted by molar-refractivity contribution is 14.0. The number of rotatable bonds is 9. The molecular weight excluding hydrogens is 531 g/mol. The number of hydrogen-bond acceptors (Lipinski definition) is 4. The van der Waals surface area contributed by atoms with E-state index in [-0.39, 0.29) is 48.4 Å². The molecule has 0 bridgehead atoms. The molecule has 8 nitrogen and oxygen atoms in total.